The largest absolute Gasteiger partial charge is 0.848 e. The van der Waals surface area contributed by atoms with Crippen molar-refractivity contribution in [1.82, 2.24) is 4.98 Å². The lowest BCUT2D eigenvalue weighted by Gasteiger charge is -2.43. The summed E-state index contributed by atoms with van der Waals surface area (Å²) in [7, 11) is -9.80. The number of rotatable bonds is 3. The van der Waals surface area contributed by atoms with Gasteiger partial charge in [-0.3, -0.25) is 4.98 Å². The zero-order valence-corrected chi connectivity index (χ0v) is 23.6. The molecule has 1 aromatic carbocycles. The molecule has 0 radical (unpaired) electrons. The maximum Gasteiger partial charge on any atom is 0.310 e. The monoisotopic (exact) mass is 642 g/mol. The van der Waals surface area contributed by atoms with E-state index in [0.29, 0.717) is 42.5 Å². The summed E-state index contributed by atoms with van der Waals surface area (Å²) in [6.45, 7) is 8.12. The third-order valence-corrected chi connectivity index (χ3v) is 10.6. The topological polar surface area (TPSA) is 45.2 Å². The van der Waals surface area contributed by atoms with Crippen molar-refractivity contribution in [2.75, 3.05) is 0 Å². The third kappa shape index (κ3) is 4.27. The number of ether oxygens (including phenoxy) is 1. The van der Waals surface area contributed by atoms with Crippen LogP contribution in [-0.2, 0) is 16.8 Å². The van der Waals surface area contributed by atoms with Gasteiger partial charge in [0.05, 0.1) is 0 Å². The van der Waals surface area contributed by atoms with Gasteiger partial charge in [0.15, 0.2) is 0 Å². The highest BCUT2D eigenvalue weighted by Crippen LogP contribution is 3.02. The van der Waals surface area contributed by atoms with Gasteiger partial charge in [-0.25, -0.2) is 0 Å². The van der Waals surface area contributed by atoms with E-state index in [1.165, 1.54) is 0 Å². The van der Waals surface area contributed by atoms with Crippen molar-refractivity contribution in [3.8, 4) is 0 Å². The first-order valence-electron chi connectivity index (χ1n) is 12.2. The molecule has 36 heavy (non-hydrogen) atoms. The van der Waals surface area contributed by atoms with E-state index in [4.69, 9.17) is 9.72 Å². The van der Waals surface area contributed by atoms with Gasteiger partial charge in [-0.05, 0) is 65.8 Å². The van der Waals surface area contributed by atoms with Gasteiger partial charge in [-0.15, -0.1) is 0 Å². The molecule has 1 spiro atoms. The molecular weight excluding hydrogens is 612 g/mol. The van der Waals surface area contributed by atoms with Crippen molar-refractivity contribution < 1.29 is 29.3 Å². The predicted octanol–water partition coefficient (Wildman–Crippen LogP) is 8.54. The normalized spacial score (nSPS) is 31.3. The fraction of sp³-hybridized carbons (Fsp3) is 0.577. The zero-order chi connectivity index (χ0) is 26.5. The van der Waals surface area contributed by atoms with Crippen LogP contribution < -0.4 is 5.11 Å². The molecule has 1 aliphatic heterocycles. The average Bonchev–Trinajstić information content (AvgIpc) is 3.26. The molecule has 0 amide bonds. The minimum atomic E-state index is -9.80. The molecule has 2 heterocycles. The minimum absolute atomic E-state index is 0.0292. The molecule has 0 bridgehead atoms. The molecule has 2 aliphatic carbocycles. The smallest absolute Gasteiger partial charge is 0.310 e. The molecule has 4 atom stereocenters. The molecule has 10 heteroatoms. The maximum atomic E-state index is 13.6. The van der Waals surface area contributed by atoms with Gasteiger partial charge in [-0.1, -0.05) is 94.4 Å². The van der Waals surface area contributed by atoms with Crippen LogP contribution in [-0.4, -0.2) is 8.91 Å². The highest BCUT2D eigenvalue weighted by molar-refractivity contribution is 14.1. The van der Waals surface area contributed by atoms with E-state index in [1.807, 2.05) is 13.8 Å². The second-order valence-electron chi connectivity index (χ2n) is 11.6. The summed E-state index contributed by atoms with van der Waals surface area (Å²) in [5.41, 5.74) is 3.27. The van der Waals surface area contributed by atoms with Crippen LogP contribution in [0.2, 0.25) is 0 Å². The molecule has 1 saturated carbocycles. The van der Waals surface area contributed by atoms with E-state index in [0.717, 1.165) is 47.5 Å². The van der Waals surface area contributed by atoms with Crippen molar-refractivity contribution in [1.29, 1.82) is 0 Å². The first kappa shape index (κ1) is 26.6. The van der Waals surface area contributed by atoms with Crippen LogP contribution in [0.5, 0.6) is 0 Å². The Morgan fingerprint density at radius 2 is 1.72 bits per heavy atom. The summed E-state index contributed by atoms with van der Waals surface area (Å²) in [4.78, 5) is 3.07. The number of pyridine rings is 1. The molecule has 1 aromatic heterocycles. The Kier molecular flexibility index (Phi) is 5.59. The van der Waals surface area contributed by atoms with E-state index in [-0.39, 0.29) is 15.3 Å². The minimum Gasteiger partial charge on any atom is -0.848 e. The average molecular weight is 642 g/mol. The van der Waals surface area contributed by atoms with Crippen molar-refractivity contribution >= 4 is 32.8 Å². The number of aromatic nitrogens is 1. The van der Waals surface area contributed by atoms with Crippen molar-refractivity contribution in [2.24, 2.45) is 5.41 Å². The quantitative estimate of drug-likeness (QED) is 0.192. The lowest BCUT2D eigenvalue weighted by atomic mass is 9.70. The number of hydrogen-bond donors (Lipinski definition) is 0. The SMILES string of the molecule is CC(C)c1nc2c(c3c1[C@@H](c1ccc(S(F)(F)(F)(F)F)cc1)OC31CCCC1I)C([O-])CC(C)(C)C2. The number of halogens is 6. The molecule has 3 unspecified atom stereocenters. The van der Waals surface area contributed by atoms with Gasteiger partial charge < -0.3 is 9.84 Å². The Morgan fingerprint density at radius 3 is 2.25 bits per heavy atom. The summed E-state index contributed by atoms with van der Waals surface area (Å²) in [5.74, 6) is -0.0292. The Balaban J connectivity index is 1.75. The molecule has 0 N–H and O–H groups in total. The number of alkyl halides is 1. The van der Waals surface area contributed by atoms with E-state index >= 15 is 0 Å². The van der Waals surface area contributed by atoms with Gasteiger partial charge in [-0.2, -0.15) is 0 Å². The van der Waals surface area contributed by atoms with Gasteiger partial charge >= 0.3 is 10.2 Å². The fourth-order valence-corrected chi connectivity index (χ4v) is 8.13. The highest BCUT2D eigenvalue weighted by atomic mass is 127. The molecule has 3 aliphatic rings. The maximum absolute atomic E-state index is 13.6. The molecule has 0 saturated heterocycles. The van der Waals surface area contributed by atoms with E-state index in [2.05, 4.69) is 36.4 Å². The zero-order valence-electron chi connectivity index (χ0n) is 20.6. The first-order valence-corrected chi connectivity index (χ1v) is 15.4. The number of hydrogen-bond acceptors (Lipinski definition) is 3. The third-order valence-electron chi connectivity index (χ3n) is 7.79. The lowest BCUT2D eigenvalue weighted by molar-refractivity contribution is -0.434. The van der Waals surface area contributed by atoms with Crippen LogP contribution in [0.1, 0.15) is 105 Å². The van der Waals surface area contributed by atoms with Gasteiger partial charge in [0.25, 0.3) is 0 Å². The molecular formula is C26H30F5INO2S-. The summed E-state index contributed by atoms with van der Waals surface area (Å²) in [5, 5.41) is 13.6. The fourth-order valence-electron chi connectivity index (χ4n) is 6.27. The molecule has 200 valence electrons. The van der Waals surface area contributed by atoms with Crippen LogP contribution in [0, 0.1) is 5.41 Å². The number of nitrogens with zero attached hydrogens (tertiary/aromatic N) is 1. The van der Waals surface area contributed by atoms with Gasteiger partial charge in [0.1, 0.15) is 16.6 Å². The number of fused-ring (bicyclic) bond motifs is 4. The molecule has 5 rings (SSSR count). The van der Waals surface area contributed by atoms with Crippen LogP contribution in [0.3, 0.4) is 0 Å². The van der Waals surface area contributed by atoms with Crippen LogP contribution in [0.15, 0.2) is 29.2 Å². The summed E-state index contributed by atoms with van der Waals surface area (Å²) >= 11 is 2.36. The van der Waals surface area contributed by atoms with Gasteiger partial charge in [0, 0.05) is 20.9 Å². The Bertz CT molecular complexity index is 1230. The van der Waals surface area contributed by atoms with Crippen molar-refractivity contribution in [3.05, 3.63) is 57.9 Å². The van der Waals surface area contributed by atoms with Crippen molar-refractivity contribution in [2.45, 2.75) is 92.3 Å². The Morgan fingerprint density at radius 1 is 1.08 bits per heavy atom. The Hall–Kier alpha value is -0.980. The second-order valence-corrected chi connectivity index (χ2v) is 15.5. The molecule has 2 aromatic rings. The lowest BCUT2D eigenvalue weighted by Crippen LogP contribution is -2.38. The highest BCUT2D eigenvalue weighted by Gasteiger charge is 2.65. The van der Waals surface area contributed by atoms with Crippen LogP contribution >= 0.6 is 32.8 Å². The van der Waals surface area contributed by atoms with E-state index < -0.39 is 32.9 Å². The van der Waals surface area contributed by atoms with Crippen molar-refractivity contribution in [3.63, 3.8) is 0 Å². The molecule has 1 fully saturated rings. The first-order chi connectivity index (χ1) is 16.3. The van der Waals surface area contributed by atoms with Crippen LogP contribution in [0.25, 0.3) is 0 Å². The number of benzene rings is 1. The summed E-state index contributed by atoms with van der Waals surface area (Å²) in [6, 6.07) is 3.06. The summed E-state index contributed by atoms with van der Waals surface area (Å²) < 4.78 is 73.7. The van der Waals surface area contributed by atoms with E-state index in [1.54, 1.807) is 0 Å². The van der Waals surface area contributed by atoms with Crippen LogP contribution in [0.4, 0.5) is 19.4 Å². The predicted molar refractivity (Wildman–Crippen MR) is 137 cm³/mol. The Labute approximate surface area is 222 Å². The summed E-state index contributed by atoms with van der Waals surface area (Å²) in [6.07, 6.45) is 1.84. The van der Waals surface area contributed by atoms with Gasteiger partial charge in [0.2, 0.25) is 0 Å². The standard InChI is InChI=1S/C26H30F5INO2S/c1-14(2)23-21-22(20-17(33-23)12-25(3,4)13-18(20)34)26(11-5-6-19(26)32)35-24(21)15-7-9-16(10-8-15)36(27,28,29,30)31/h7-10,14,18-19,24H,5-6,11-13H2,1-4H3/q-1/t18?,19?,24-,26?/m1/s1. The second kappa shape index (κ2) is 7.57. The molecule has 3 nitrogen and oxygen atoms in total. The van der Waals surface area contributed by atoms with E-state index in [9.17, 15) is 24.5 Å².